The summed E-state index contributed by atoms with van der Waals surface area (Å²) in [5.41, 5.74) is 1.22. The number of hydrogen-bond acceptors (Lipinski definition) is 8. The van der Waals surface area contributed by atoms with Gasteiger partial charge in [-0.2, -0.15) is 5.10 Å². The van der Waals surface area contributed by atoms with E-state index in [1.165, 1.54) is 4.90 Å². The molecule has 1 fully saturated rings. The molecule has 38 heavy (non-hydrogen) atoms. The molecule has 0 aliphatic carbocycles. The molecule has 2 N–H and O–H groups in total. The van der Waals surface area contributed by atoms with E-state index in [9.17, 15) is 24.0 Å². The van der Waals surface area contributed by atoms with Crippen molar-refractivity contribution < 1.29 is 28.7 Å². The van der Waals surface area contributed by atoms with Gasteiger partial charge in [-0.3, -0.25) is 34.1 Å². The van der Waals surface area contributed by atoms with Gasteiger partial charge in [-0.1, -0.05) is 6.07 Å². The number of benzene rings is 1. The average molecular weight is 525 g/mol. The molecule has 12 nitrogen and oxygen atoms in total. The fraction of sp³-hybridized carbons (Fsp3) is 0.462. The Hall–Kier alpha value is -4.22. The van der Waals surface area contributed by atoms with Crippen LogP contribution < -0.4 is 10.6 Å². The van der Waals surface area contributed by atoms with Crippen molar-refractivity contribution in [3.05, 3.63) is 47.3 Å². The van der Waals surface area contributed by atoms with Gasteiger partial charge in [-0.15, -0.1) is 0 Å². The Morgan fingerprint density at radius 1 is 1.21 bits per heavy atom. The summed E-state index contributed by atoms with van der Waals surface area (Å²) in [4.78, 5) is 64.6. The van der Waals surface area contributed by atoms with Crippen LogP contribution in [-0.2, 0) is 27.4 Å². The molecule has 1 saturated heterocycles. The standard InChI is InChI=1S/C26H32N6O6/c1-26(2,3)38-25(37)30(4)11-6-12-31-15-16(14-28-31)13-27-18-8-5-7-17-21(18)24(36)32(23(17)35)19-9-10-20(33)29-22(19)34/h5,7-8,14-15,19,27H,6,9-13H2,1-4H3,(H,29,33,34). The van der Waals surface area contributed by atoms with Crippen molar-refractivity contribution in [1.29, 1.82) is 0 Å². The first-order chi connectivity index (χ1) is 17.9. The Balaban J connectivity index is 1.34. The van der Waals surface area contributed by atoms with Crippen molar-refractivity contribution in [2.75, 3.05) is 18.9 Å². The minimum Gasteiger partial charge on any atom is -0.444 e. The molecule has 1 unspecified atom stereocenters. The van der Waals surface area contributed by atoms with Crippen LogP contribution in [0.4, 0.5) is 10.5 Å². The van der Waals surface area contributed by atoms with Crippen LogP contribution in [0.5, 0.6) is 0 Å². The van der Waals surface area contributed by atoms with E-state index in [-0.39, 0.29) is 30.1 Å². The lowest BCUT2D eigenvalue weighted by atomic mass is 10.0. The van der Waals surface area contributed by atoms with E-state index < -0.39 is 35.3 Å². The number of piperidine rings is 1. The molecule has 1 aromatic heterocycles. The maximum Gasteiger partial charge on any atom is 0.410 e. The van der Waals surface area contributed by atoms with Crippen LogP contribution in [0.25, 0.3) is 0 Å². The quantitative estimate of drug-likeness (QED) is 0.500. The predicted molar refractivity (Wildman–Crippen MR) is 136 cm³/mol. The number of nitrogens with zero attached hydrogens (tertiary/aromatic N) is 4. The molecular formula is C26H32N6O6. The second-order valence-electron chi connectivity index (χ2n) is 10.4. The number of aromatic nitrogens is 2. The number of imide groups is 2. The molecule has 2 aromatic rings. The maximum absolute atomic E-state index is 13.2. The number of hydrogen-bond donors (Lipinski definition) is 2. The van der Waals surface area contributed by atoms with Crippen molar-refractivity contribution in [3.63, 3.8) is 0 Å². The highest BCUT2D eigenvalue weighted by Gasteiger charge is 2.45. The van der Waals surface area contributed by atoms with Gasteiger partial charge in [0, 0.05) is 50.6 Å². The summed E-state index contributed by atoms with van der Waals surface area (Å²) < 4.78 is 7.12. The minimum atomic E-state index is -1.01. The number of carbonyl (C=O) groups excluding carboxylic acids is 5. The van der Waals surface area contributed by atoms with Gasteiger partial charge in [-0.05, 0) is 45.7 Å². The zero-order chi connectivity index (χ0) is 27.6. The summed E-state index contributed by atoms with van der Waals surface area (Å²) in [6.07, 6.45) is 4.05. The number of ether oxygens (including phenoxy) is 1. The first-order valence-electron chi connectivity index (χ1n) is 12.5. The van der Waals surface area contributed by atoms with Gasteiger partial charge >= 0.3 is 6.09 Å². The highest BCUT2D eigenvalue weighted by atomic mass is 16.6. The van der Waals surface area contributed by atoms with Crippen LogP contribution in [0, 0.1) is 0 Å². The number of rotatable bonds is 8. The molecule has 2 aliphatic rings. The molecule has 1 aromatic carbocycles. The number of carbonyl (C=O) groups is 5. The van der Waals surface area contributed by atoms with Gasteiger partial charge in [0.25, 0.3) is 11.8 Å². The molecular weight excluding hydrogens is 492 g/mol. The maximum atomic E-state index is 13.2. The van der Waals surface area contributed by atoms with E-state index in [1.807, 2.05) is 27.0 Å². The Kier molecular flexibility index (Phi) is 7.51. The van der Waals surface area contributed by atoms with Gasteiger partial charge < -0.3 is 15.0 Å². The number of aryl methyl sites for hydroxylation is 1. The fourth-order valence-electron chi connectivity index (χ4n) is 4.38. The molecule has 12 heteroatoms. The molecule has 1 atom stereocenters. The van der Waals surface area contributed by atoms with Crippen molar-refractivity contribution in [3.8, 4) is 0 Å². The van der Waals surface area contributed by atoms with Crippen LogP contribution in [0.15, 0.2) is 30.6 Å². The molecule has 2 aliphatic heterocycles. The monoisotopic (exact) mass is 524 g/mol. The van der Waals surface area contributed by atoms with Gasteiger partial charge in [-0.25, -0.2) is 4.79 Å². The first kappa shape index (κ1) is 26.8. The van der Waals surface area contributed by atoms with Gasteiger partial charge in [0.1, 0.15) is 11.6 Å². The number of fused-ring (bicyclic) bond motifs is 1. The van der Waals surface area contributed by atoms with Crippen molar-refractivity contribution >= 4 is 35.4 Å². The normalized spacial score (nSPS) is 17.4. The number of nitrogens with one attached hydrogen (secondary N) is 2. The second-order valence-corrected chi connectivity index (χ2v) is 10.4. The molecule has 0 saturated carbocycles. The summed E-state index contributed by atoms with van der Waals surface area (Å²) in [6.45, 7) is 6.94. The number of anilines is 1. The molecule has 3 heterocycles. The molecule has 4 rings (SSSR count). The highest BCUT2D eigenvalue weighted by Crippen LogP contribution is 2.32. The summed E-state index contributed by atoms with van der Waals surface area (Å²) >= 11 is 0. The summed E-state index contributed by atoms with van der Waals surface area (Å²) in [6, 6.07) is 3.92. The predicted octanol–water partition coefficient (Wildman–Crippen LogP) is 2.15. The lowest BCUT2D eigenvalue weighted by Crippen LogP contribution is -2.54. The lowest BCUT2D eigenvalue weighted by molar-refractivity contribution is -0.136. The van der Waals surface area contributed by atoms with E-state index in [4.69, 9.17) is 4.74 Å². The topological polar surface area (TPSA) is 143 Å². The summed E-state index contributed by atoms with van der Waals surface area (Å²) in [7, 11) is 1.69. The lowest BCUT2D eigenvalue weighted by Gasteiger charge is -2.27. The van der Waals surface area contributed by atoms with E-state index in [0.29, 0.717) is 31.7 Å². The van der Waals surface area contributed by atoms with Crippen molar-refractivity contribution in [2.24, 2.45) is 0 Å². The van der Waals surface area contributed by atoms with Gasteiger partial charge in [0.05, 0.1) is 17.3 Å². The average Bonchev–Trinajstić information content (AvgIpc) is 3.39. The summed E-state index contributed by atoms with van der Waals surface area (Å²) in [5.74, 6) is -2.17. The van der Waals surface area contributed by atoms with Gasteiger partial charge in [0.15, 0.2) is 0 Å². The Morgan fingerprint density at radius 3 is 2.68 bits per heavy atom. The molecule has 0 radical (unpaired) electrons. The highest BCUT2D eigenvalue weighted by molar-refractivity contribution is 6.25. The minimum absolute atomic E-state index is 0.0657. The van der Waals surface area contributed by atoms with Crippen LogP contribution in [0.2, 0.25) is 0 Å². The van der Waals surface area contributed by atoms with E-state index in [2.05, 4.69) is 15.7 Å². The number of amides is 5. The largest absolute Gasteiger partial charge is 0.444 e. The van der Waals surface area contributed by atoms with Crippen molar-refractivity contribution in [2.45, 2.75) is 64.8 Å². The zero-order valence-electron chi connectivity index (χ0n) is 21.9. The van der Waals surface area contributed by atoms with Crippen LogP contribution >= 0.6 is 0 Å². The fourth-order valence-corrected chi connectivity index (χ4v) is 4.38. The Morgan fingerprint density at radius 2 is 1.97 bits per heavy atom. The van der Waals surface area contributed by atoms with Crippen LogP contribution in [0.3, 0.4) is 0 Å². The Labute approximate surface area is 220 Å². The van der Waals surface area contributed by atoms with Crippen LogP contribution in [0.1, 0.15) is 66.3 Å². The molecule has 0 spiro atoms. The summed E-state index contributed by atoms with van der Waals surface area (Å²) in [5, 5.41) is 9.76. The third-order valence-electron chi connectivity index (χ3n) is 6.22. The second kappa shape index (κ2) is 10.6. The van der Waals surface area contributed by atoms with E-state index >= 15 is 0 Å². The SMILES string of the molecule is CN(CCCn1cc(CNc2cccc3c2C(=O)N(C2CCC(=O)NC2=O)C3=O)cn1)C(=O)OC(C)(C)C. The van der Waals surface area contributed by atoms with E-state index in [0.717, 1.165) is 10.5 Å². The molecule has 5 amide bonds. The molecule has 202 valence electrons. The van der Waals surface area contributed by atoms with Gasteiger partial charge in [0.2, 0.25) is 11.8 Å². The Bertz CT molecular complexity index is 1280. The smallest absolute Gasteiger partial charge is 0.410 e. The third-order valence-corrected chi connectivity index (χ3v) is 6.22. The first-order valence-corrected chi connectivity index (χ1v) is 12.5. The van der Waals surface area contributed by atoms with Crippen LogP contribution in [-0.4, -0.2) is 74.5 Å². The molecule has 0 bridgehead atoms. The third kappa shape index (κ3) is 5.84. The van der Waals surface area contributed by atoms with E-state index in [1.54, 1.807) is 36.1 Å². The zero-order valence-corrected chi connectivity index (χ0v) is 21.9. The van der Waals surface area contributed by atoms with Crippen molar-refractivity contribution in [1.82, 2.24) is 24.9 Å².